The molecule has 0 aliphatic carbocycles. The van der Waals surface area contributed by atoms with Crippen LogP contribution in [0.5, 0.6) is 0 Å². The summed E-state index contributed by atoms with van der Waals surface area (Å²) in [6.07, 6.45) is 1.84. The van der Waals surface area contributed by atoms with Gasteiger partial charge in [-0.25, -0.2) is 4.39 Å². The maximum atomic E-state index is 13.8. The molecule has 1 aromatic heterocycles. The molecule has 1 aliphatic heterocycles. The average molecular weight is 353 g/mol. The highest BCUT2D eigenvalue weighted by atomic mass is 35.5. The zero-order chi connectivity index (χ0) is 16.2. The molecule has 1 saturated heterocycles. The number of rotatable bonds is 5. The first-order valence-corrected chi connectivity index (χ1v) is 8.07. The van der Waals surface area contributed by atoms with E-state index in [4.69, 9.17) is 4.42 Å². The van der Waals surface area contributed by atoms with Gasteiger partial charge in [0.05, 0.1) is 5.56 Å². The van der Waals surface area contributed by atoms with Crippen LogP contribution in [0.25, 0.3) is 11.3 Å². The first kappa shape index (κ1) is 18.5. The lowest BCUT2D eigenvalue weighted by atomic mass is 10.1. The van der Waals surface area contributed by atoms with E-state index in [1.165, 1.54) is 6.07 Å². The zero-order valence-electron chi connectivity index (χ0n) is 13.6. The van der Waals surface area contributed by atoms with Gasteiger partial charge in [0.25, 0.3) is 5.91 Å². The van der Waals surface area contributed by atoms with Gasteiger partial charge in [-0.1, -0.05) is 19.1 Å². The van der Waals surface area contributed by atoms with E-state index in [1.807, 2.05) is 4.90 Å². The summed E-state index contributed by atoms with van der Waals surface area (Å²) in [7, 11) is 0. The molecule has 1 unspecified atom stereocenters. The van der Waals surface area contributed by atoms with Crippen molar-refractivity contribution in [2.45, 2.75) is 25.8 Å². The number of amides is 1. The monoisotopic (exact) mass is 352 g/mol. The standard InChI is InChI=1S/C18H21FN2O2.ClH/c1-2-11-21(13-9-10-20-12-13)18(22)17-8-7-16(23-17)14-5-3-4-6-15(14)19;/h3-8,13,20H,2,9-12H2,1H3;1H. The second-order valence-corrected chi connectivity index (χ2v) is 5.79. The molecule has 130 valence electrons. The van der Waals surface area contributed by atoms with Crippen molar-refractivity contribution < 1.29 is 13.6 Å². The van der Waals surface area contributed by atoms with Crippen LogP contribution in [0.1, 0.15) is 30.3 Å². The van der Waals surface area contributed by atoms with Gasteiger partial charge in [-0.05, 0) is 43.7 Å². The number of halogens is 2. The fourth-order valence-electron chi connectivity index (χ4n) is 3.00. The minimum atomic E-state index is -0.355. The molecule has 0 spiro atoms. The number of hydrogen-bond acceptors (Lipinski definition) is 3. The molecule has 0 radical (unpaired) electrons. The van der Waals surface area contributed by atoms with E-state index in [9.17, 15) is 9.18 Å². The summed E-state index contributed by atoms with van der Waals surface area (Å²) in [6, 6.07) is 9.89. The summed E-state index contributed by atoms with van der Waals surface area (Å²) in [4.78, 5) is 14.6. The summed E-state index contributed by atoms with van der Waals surface area (Å²) in [6.45, 7) is 4.49. The van der Waals surface area contributed by atoms with Gasteiger partial charge in [0, 0.05) is 19.1 Å². The van der Waals surface area contributed by atoms with Crippen molar-refractivity contribution in [3.63, 3.8) is 0 Å². The molecule has 1 aliphatic rings. The number of benzene rings is 1. The Morgan fingerprint density at radius 1 is 1.33 bits per heavy atom. The van der Waals surface area contributed by atoms with Crippen molar-refractivity contribution >= 4 is 18.3 Å². The van der Waals surface area contributed by atoms with Crippen LogP contribution in [0.2, 0.25) is 0 Å². The lowest BCUT2D eigenvalue weighted by Crippen LogP contribution is -2.41. The van der Waals surface area contributed by atoms with Crippen LogP contribution in [-0.2, 0) is 0 Å². The van der Waals surface area contributed by atoms with Crippen molar-refractivity contribution in [2.24, 2.45) is 0 Å². The zero-order valence-corrected chi connectivity index (χ0v) is 14.4. The van der Waals surface area contributed by atoms with Gasteiger partial charge in [-0.15, -0.1) is 12.4 Å². The highest BCUT2D eigenvalue weighted by molar-refractivity contribution is 5.92. The van der Waals surface area contributed by atoms with Gasteiger partial charge in [-0.2, -0.15) is 0 Å². The Morgan fingerprint density at radius 2 is 2.12 bits per heavy atom. The molecule has 0 bridgehead atoms. The van der Waals surface area contributed by atoms with E-state index in [1.54, 1.807) is 30.3 Å². The Balaban J connectivity index is 0.00000208. The van der Waals surface area contributed by atoms with Gasteiger partial charge in [0.1, 0.15) is 11.6 Å². The van der Waals surface area contributed by atoms with Crippen molar-refractivity contribution in [3.05, 3.63) is 48.0 Å². The highest BCUT2D eigenvalue weighted by Gasteiger charge is 2.28. The highest BCUT2D eigenvalue weighted by Crippen LogP contribution is 2.26. The van der Waals surface area contributed by atoms with Crippen molar-refractivity contribution in [2.75, 3.05) is 19.6 Å². The molecule has 1 fully saturated rings. The predicted octanol–water partition coefficient (Wildman–Crippen LogP) is 3.72. The quantitative estimate of drug-likeness (QED) is 0.892. The second-order valence-electron chi connectivity index (χ2n) is 5.79. The van der Waals surface area contributed by atoms with E-state index in [0.717, 1.165) is 25.9 Å². The fraction of sp³-hybridized carbons (Fsp3) is 0.389. The number of carbonyl (C=O) groups is 1. The lowest BCUT2D eigenvalue weighted by molar-refractivity contribution is 0.0660. The first-order valence-electron chi connectivity index (χ1n) is 8.07. The number of nitrogens with zero attached hydrogens (tertiary/aromatic N) is 1. The summed E-state index contributed by atoms with van der Waals surface area (Å²) in [5, 5.41) is 3.28. The molecule has 2 aromatic rings. The summed E-state index contributed by atoms with van der Waals surface area (Å²) in [5.41, 5.74) is 0.371. The van der Waals surface area contributed by atoms with Crippen LogP contribution in [0.4, 0.5) is 4.39 Å². The average Bonchev–Trinajstić information content (AvgIpc) is 3.24. The lowest BCUT2D eigenvalue weighted by Gasteiger charge is -2.27. The molecule has 1 amide bonds. The Hall–Kier alpha value is -1.85. The SMILES string of the molecule is CCCN(C(=O)c1ccc(-c2ccccc2F)o1)C1CCNC1.Cl. The molecular weight excluding hydrogens is 331 g/mol. The second kappa shape index (κ2) is 8.31. The van der Waals surface area contributed by atoms with Gasteiger partial charge < -0.3 is 14.6 Å². The molecule has 1 N–H and O–H groups in total. The maximum Gasteiger partial charge on any atom is 0.289 e. The Labute approximate surface area is 147 Å². The smallest absolute Gasteiger partial charge is 0.289 e. The predicted molar refractivity (Wildman–Crippen MR) is 94.0 cm³/mol. The van der Waals surface area contributed by atoms with Gasteiger partial charge in [0.2, 0.25) is 0 Å². The normalized spacial score (nSPS) is 16.7. The van der Waals surface area contributed by atoms with Crippen LogP contribution in [0, 0.1) is 5.82 Å². The van der Waals surface area contributed by atoms with E-state index >= 15 is 0 Å². The van der Waals surface area contributed by atoms with E-state index in [0.29, 0.717) is 17.9 Å². The van der Waals surface area contributed by atoms with E-state index in [2.05, 4.69) is 12.2 Å². The van der Waals surface area contributed by atoms with Crippen LogP contribution in [0.3, 0.4) is 0 Å². The van der Waals surface area contributed by atoms with Crippen LogP contribution >= 0.6 is 12.4 Å². The Kier molecular flexibility index (Phi) is 6.40. The topological polar surface area (TPSA) is 45.5 Å². The van der Waals surface area contributed by atoms with Crippen molar-refractivity contribution in [1.29, 1.82) is 0 Å². The summed E-state index contributed by atoms with van der Waals surface area (Å²) >= 11 is 0. The largest absolute Gasteiger partial charge is 0.451 e. The summed E-state index contributed by atoms with van der Waals surface area (Å²) in [5.74, 6) is 0.172. The Morgan fingerprint density at radius 3 is 2.79 bits per heavy atom. The third-order valence-electron chi connectivity index (χ3n) is 4.16. The van der Waals surface area contributed by atoms with Crippen molar-refractivity contribution in [3.8, 4) is 11.3 Å². The third-order valence-corrected chi connectivity index (χ3v) is 4.16. The van der Waals surface area contributed by atoms with Gasteiger partial charge in [0.15, 0.2) is 5.76 Å². The minimum Gasteiger partial charge on any atom is -0.451 e. The minimum absolute atomic E-state index is 0. The molecule has 4 nitrogen and oxygen atoms in total. The number of nitrogens with one attached hydrogen (secondary N) is 1. The maximum absolute atomic E-state index is 13.8. The van der Waals surface area contributed by atoms with Crippen LogP contribution in [-0.4, -0.2) is 36.5 Å². The van der Waals surface area contributed by atoms with E-state index in [-0.39, 0.29) is 35.9 Å². The molecule has 1 atom stereocenters. The molecule has 3 rings (SSSR count). The molecule has 24 heavy (non-hydrogen) atoms. The molecule has 2 heterocycles. The molecular formula is C18H22ClFN2O2. The molecule has 6 heteroatoms. The number of carbonyl (C=O) groups excluding carboxylic acids is 1. The molecule has 1 aromatic carbocycles. The third kappa shape index (κ3) is 3.79. The van der Waals surface area contributed by atoms with Crippen LogP contribution in [0.15, 0.2) is 40.8 Å². The molecule has 0 saturated carbocycles. The van der Waals surface area contributed by atoms with Gasteiger partial charge >= 0.3 is 0 Å². The number of furan rings is 1. The number of hydrogen-bond donors (Lipinski definition) is 1. The van der Waals surface area contributed by atoms with Gasteiger partial charge in [-0.3, -0.25) is 4.79 Å². The van der Waals surface area contributed by atoms with Crippen molar-refractivity contribution in [1.82, 2.24) is 10.2 Å². The Bertz CT molecular complexity index is 683. The van der Waals surface area contributed by atoms with E-state index < -0.39 is 0 Å². The summed E-state index contributed by atoms with van der Waals surface area (Å²) < 4.78 is 19.5. The first-order chi connectivity index (χ1) is 11.2. The van der Waals surface area contributed by atoms with Crippen LogP contribution < -0.4 is 5.32 Å². The fourth-order valence-corrected chi connectivity index (χ4v) is 3.00.